The van der Waals surface area contributed by atoms with Gasteiger partial charge in [-0.15, -0.1) is 0 Å². The highest BCUT2D eigenvalue weighted by Gasteiger charge is 2.20. The molecule has 0 aliphatic heterocycles. The monoisotopic (exact) mass is 329 g/mol. The number of hydrogen-bond donors (Lipinski definition) is 1. The fourth-order valence-electron chi connectivity index (χ4n) is 2.42. The first kappa shape index (κ1) is 16.6. The zero-order chi connectivity index (χ0) is 14.3. The van der Waals surface area contributed by atoms with Crippen molar-refractivity contribution in [3.8, 4) is 0 Å². The van der Waals surface area contributed by atoms with Gasteiger partial charge in [-0.25, -0.2) is 4.39 Å². The van der Waals surface area contributed by atoms with Gasteiger partial charge in [0.05, 0.1) is 0 Å². The van der Waals surface area contributed by atoms with Crippen molar-refractivity contribution < 1.29 is 4.39 Å². The summed E-state index contributed by atoms with van der Waals surface area (Å²) in [7, 11) is 0. The van der Waals surface area contributed by atoms with Crippen LogP contribution in [0, 0.1) is 11.7 Å². The third kappa shape index (κ3) is 4.88. The largest absolute Gasteiger partial charge is 0.310 e. The number of nitrogens with one attached hydrogen (secondary N) is 1. The van der Waals surface area contributed by atoms with Crippen molar-refractivity contribution in [1.82, 2.24) is 5.32 Å². The van der Waals surface area contributed by atoms with Crippen molar-refractivity contribution in [2.24, 2.45) is 5.92 Å². The average Bonchev–Trinajstić information content (AvgIpc) is 2.40. The molecule has 1 atom stereocenters. The van der Waals surface area contributed by atoms with E-state index in [4.69, 9.17) is 0 Å². The van der Waals surface area contributed by atoms with Gasteiger partial charge in [-0.05, 0) is 37.4 Å². The molecule has 0 bridgehead atoms. The van der Waals surface area contributed by atoms with Gasteiger partial charge in [-0.2, -0.15) is 0 Å². The zero-order valence-electron chi connectivity index (χ0n) is 12.2. The van der Waals surface area contributed by atoms with Crippen LogP contribution < -0.4 is 5.32 Å². The van der Waals surface area contributed by atoms with Crippen LogP contribution in [0.2, 0.25) is 0 Å². The van der Waals surface area contributed by atoms with Gasteiger partial charge in [0.15, 0.2) is 0 Å². The molecule has 1 rings (SSSR count). The Hall–Kier alpha value is -0.410. The maximum Gasteiger partial charge on any atom is 0.129 e. The van der Waals surface area contributed by atoms with Gasteiger partial charge in [-0.3, -0.25) is 0 Å². The molecule has 0 aromatic heterocycles. The van der Waals surface area contributed by atoms with E-state index in [1.54, 1.807) is 12.1 Å². The van der Waals surface area contributed by atoms with Crippen molar-refractivity contribution >= 4 is 15.9 Å². The summed E-state index contributed by atoms with van der Waals surface area (Å²) in [6.07, 6.45) is 4.35. The lowest BCUT2D eigenvalue weighted by atomic mass is 9.91. The van der Waals surface area contributed by atoms with Gasteiger partial charge in [0, 0.05) is 16.1 Å². The van der Waals surface area contributed by atoms with E-state index in [2.05, 4.69) is 42.0 Å². The Balaban J connectivity index is 2.95. The SMILES string of the molecule is CCCNC(CC(CC)CC)c1c(F)cccc1Br. The van der Waals surface area contributed by atoms with Crippen molar-refractivity contribution in [1.29, 1.82) is 0 Å². The molecule has 1 aromatic carbocycles. The van der Waals surface area contributed by atoms with Gasteiger partial charge in [0.25, 0.3) is 0 Å². The summed E-state index contributed by atoms with van der Waals surface area (Å²) in [5.41, 5.74) is 0.780. The van der Waals surface area contributed by atoms with Gasteiger partial charge in [0.2, 0.25) is 0 Å². The molecule has 0 aliphatic rings. The summed E-state index contributed by atoms with van der Waals surface area (Å²) < 4.78 is 15.0. The molecular formula is C16H25BrFN. The zero-order valence-corrected chi connectivity index (χ0v) is 13.8. The van der Waals surface area contributed by atoms with Crippen molar-refractivity contribution in [2.45, 2.75) is 52.5 Å². The van der Waals surface area contributed by atoms with Crippen LogP contribution in [-0.4, -0.2) is 6.54 Å². The highest BCUT2D eigenvalue weighted by Crippen LogP contribution is 2.32. The van der Waals surface area contributed by atoms with Gasteiger partial charge in [0.1, 0.15) is 5.82 Å². The van der Waals surface area contributed by atoms with E-state index < -0.39 is 0 Å². The van der Waals surface area contributed by atoms with Gasteiger partial charge < -0.3 is 5.32 Å². The highest BCUT2D eigenvalue weighted by molar-refractivity contribution is 9.10. The number of benzene rings is 1. The molecule has 3 heteroatoms. The van der Waals surface area contributed by atoms with Crippen molar-refractivity contribution in [3.05, 3.63) is 34.1 Å². The minimum Gasteiger partial charge on any atom is -0.310 e. The van der Waals surface area contributed by atoms with Gasteiger partial charge in [-0.1, -0.05) is 55.6 Å². The average molecular weight is 330 g/mol. The van der Waals surface area contributed by atoms with Crippen LogP contribution in [0.25, 0.3) is 0 Å². The van der Waals surface area contributed by atoms with Crippen LogP contribution in [-0.2, 0) is 0 Å². The summed E-state index contributed by atoms with van der Waals surface area (Å²) in [5, 5.41) is 3.50. The second kappa shape index (κ2) is 8.70. The lowest BCUT2D eigenvalue weighted by Crippen LogP contribution is -2.25. The Morgan fingerprint density at radius 1 is 1.21 bits per heavy atom. The van der Waals surface area contributed by atoms with Crippen LogP contribution in [0.4, 0.5) is 4.39 Å². The number of halogens is 2. The fourth-order valence-corrected chi connectivity index (χ4v) is 3.04. The van der Waals surface area contributed by atoms with Crippen molar-refractivity contribution in [3.63, 3.8) is 0 Å². The molecule has 1 nitrogen and oxygen atoms in total. The van der Waals surface area contributed by atoms with E-state index in [-0.39, 0.29) is 11.9 Å². The molecular weight excluding hydrogens is 305 g/mol. The van der Waals surface area contributed by atoms with Crippen molar-refractivity contribution in [2.75, 3.05) is 6.54 Å². The minimum absolute atomic E-state index is 0.0976. The molecule has 1 aromatic rings. The molecule has 19 heavy (non-hydrogen) atoms. The summed E-state index contributed by atoms with van der Waals surface area (Å²) in [6.45, 7) is 7.48. The maximum atomic E-state index is 14.1. The molecule has 0 spiro atoms. The highest BCUT2D eigenvalue weighted by atomic mass is 79.9. The Kier molecular flexibility index (Phi) is 7.62. The van der Waals surface area contributed by atoms with Crippen LogP contribution in [0.1, 0.15) is 58.1 Å². The fraction of sp³-hybridized carbons (Fsp3) is 0.625. The first-order chi connectivity index (χ1) is 9.13. The molecule has 0 aliphatic carbocycles. The smallest absolute Gasteiger partial charge is 0.129 e. The van der Waals surface area contributed by atoms with E-state index >= 15 is 0 Å². The lowest BCUT2D eigenvalue weighted by Gasteiger charge is -2.25. The molecule has 1 unspecified atom stereocenters. The second-order valence-corrected chi connectivity index (χ2v) is 5.91. The normalized spacial score (nSPS) is 12.9. The molecule has 0 fully saturated rings. The molecule has 0 amide bonds. The Morgan fingerprint density at radius 3 is 2.42 bits per heavy atom. The quantitative estimate of drug-likeness (QED) is 0.668. The van der Waals surface area contributed by atoms with E-state index in [0.29, 0.717) is 5.92 Å². The van der Waals surface area contributed by atoms with E-state index in [9.17, 15) is 4.39 Å². The Morgan fingerprint density at radius 2 is 1.89 bits per heavy atom. The van der Waals surface area contributed by atoms with E-state index in [0.717, 1.165) is 42.3 Å². The van der Waals surface area contributed by atoms with Crippen LogP contribution in [0.15, 0.2) is 22.7 Å². The first-order valence-corrected chi connectivity index (χ1v) is 8.10. The molecule has 0 heterocycles. The third-order valence-electron chi connectivity index (χ3n) is 3.71. The summed E-state index contributed by atoms with van der Waals surface area (Å²) >= 11 is 3.49. The standard InChI is InChI=1S/C16H25BrFN/c1-4-10-19-15(11-12(5-2)6-3)16-13(17)8-7-9-14(16)18/h7-9,12,15,19H,4-6,10-11H2,1-3H3. The maximum absolute atomic E-state index is 14.1. The van der Waals surface area contributed by atoms with Crippen LogP contribution >= 0.6 is 15.9 Å². The first-order valence-electron chi connectivity index (χ1n) is 7.31. The topological polar surface area (TPSA) is 12.0 Å². The predicted octanol–water partition coefficient (Wildman–Crippen LogP) is 5.46. The molecule has 0 radical (unpaired) electrons. The van der Waals surface area contributed by atoms with E-state index in [1.165, 1.54) is 0 Å². The van der Waals surface area contributed by atoms with E-state index in [1.807, 2.05) is 6.07 Å². The molecule has 108 valence electrons. The van der Waals surface area contributed by atoms with Crippen LogP contribution in [0.5, 0.6) is 0 Å². The minimum atomic E-state index is -0.117. The molecule has 1 N–H and O–H groups in total. The van der Waals surface area contributed by atoms with Gasteiger partial charge >= 0.3 is 0 Å². The lowest BCUT2D eigenvalue weighted by molar-refractivity contribution is 0.363. The summed E-state index contributed by atoms with van der Waals surface area (Å²) in [5.74, 6) is 0.523. The number of hydrogen-bond acceptors (Lipinski definition) is 1. The Labute approximate surface area is 125 Å². The Bertz CT molecular complexity index is 357. The second-order valence-electron chi connectivity index (χ2n) is 5.06. The predicted molar refractivity (Wildman–Crippen MR) is 83.8 cm³/mol. The van der Waals surface area contributed by atoms with Crippen LogP contribution in [0.3, 0.4) is 0 Å². The summed E-state index contributed by atoms with van der Waals surface area (Å²) in [6, 6.07) is 5.32. The summed E-state index contributed by atoms with van der Waals surface area (Å²) in [4.78, 5) is 0. The third-order valence-corrected chi connectivity index (χ3v) is 4.40. The number of rotatable bonds is 8. The molecule has 0 saturated heterocycles. The molecule has 0 saturated carbocycles.